The number of benzene rings is 3. The van der Waals surface area contributed by atoms with Gasteiger partial charge in [0.25, 0.3) is 0 Å². The van der Waals surface area contributed by atoms with Gasteiger partial charge in [0, 0.05) is 102 Å². The normalized spacial score (nSPS) is 11.4. The van der Waals surface area contributed by atoms with E-state index >= 15 is 0 Å². The molecule has 0 bridgehead atoms. The van der Waals surface area contributed by atoms with Crippen LogP contribution in [0.1, 0.15) is 137 Å². The Labute approximate surface area is 604 Å². The highest BCUT2D eigenvalue weighted by Crippen LogP contribution is 2.21. The molecule has 3 atom stereocenters. The monoisotopic (exact) mass is 1390 g/mol. The van der Waals surface area contributed by atoms with Crippen LogP contribution in [0.4, 0.5) is 57.2 Å². The van der Waals surface area contributed by atoms with Gasteiger partial charge in [-0.1, -0.05) is 117 Å². The summed E-state index contributed by atoms with van der Waals surface area (Å²) in [5.74, 6) is 21.9. The van der Waals surface area contributed by atoms with Crippen molar-refractivity contribution in [2.24, 2.45) is 0 Å². The molecule has 0 unspecified atom stereocenters. The first-order chi connectivity index (χ1) is 49.0. The number of ether oxygens (including phenoxy) is 1. The van der Waals surface area contributed by atoms with Gasteiger partial charge >= 0.3 is 6.09 Å². The molecular formula is C77H107N19O6. The number of nitrogens with zero attached hydrogens (tertiary/aromatic N) is 9. The molecule has 0 spiro atoms. The van der Waals surface area contributed by atoms with E-state index in [2.05, 4.69) is 139 Å². The summed E-state index contributed by atoms with van der Waals surface area (Å²) < 4.78 is 5.31. The van der Waals surface area contributed by atoms with Crippen LogP contribution in [-0.4, -0.2) is 179 Å². The molecule has 10 N–H and O–H groups in total. The Hall–Kier alpha value is -10.8. The van der Waals surface area contributed by atoms with Crippen molar-refractivity contribution in [1.82, 2.24) is 65.9 Å². The maximum atomic E-state index is 12.4. The third-order valence-corrected chi connectivity index (χ3v) is 14.6. The Kier molecular flexibility index (Phi) is 38.8. The first kappa shape index (κ1) is 83.6. The second kappa shape index (κ2) is 47.3. The van der Waals surface area contributed by atoms with Gasteiger partial charge in [0.2, 0.25) is 41.5 Å². The van der Waals surface area contributed by atoms with Crippen molar-refractivity contribution in [3.05, 3.63) is 138 Å². The highest BCUT2D eigenvalue weighted by atomic mass is 16.6. The lowest BCUT2D eigenvalue weighted by Crippen LogP contribution is -2.47. The molecule has 25 heteroatoms. The Bertz CT molecular complexity index is 3740. The second-order valence-corrected chi connectivity index (χ2v) is 24.8. The number of hydrogen-bond acceptors (Lipinski definition) is 20. The number of aromatic nitrogens is 6. The summed E-state index contributed by atoms with van der Waals surface area (Å²) in [5.41, 5.74) is 4.36. The maximum absolute atomic E-state index is 12.4. The zero-order chi connectivity index (χ0) is 74.5. The van der Waals surface area contributed by atoms with Crippen molar-refractivity contribution in [2.75, 3.05) is 113 Å². The first-order valence-corrected chi connectivity index (χ1v) is 34.9. The van der Waals surface area contributed by atoms with Crippen LogP contribution in [0.15, 0.2) is 122 Å². The molecule has 25 nitrogen and oxygen atoms in total. The van der Waals surface area contributed by atoms with E-state index in [1.54, 1.807) is 80.4 Å². The van der Waals surface area contributed by atoms with Crippen LogP contribution in [0.5, 0.6) is 0 Å². The standard InChI is InChI=1S/C28H39N7O2.C27H38N6O3.C22H30N6O/c1-6-18-29-26-23(21-31-28(33-26)32-24-15-10-7-11-16-24)14-9-8-12-19-30-27(37)22(2)35(5)25(36)17-13-20-34(3)4;1-7-17-28-23-21(19-30-25(32-23)31-22-15-11-8-12-16-22)14-10-9-13-18-29-24(34)20(2)33(6)26(35)36-27(3,4)5;1-4-14-24-20-18(11-7-6-10-15-25-21(29)17(2)23-3)16-26-22(28-20)27-19-12-8-5-9-13-19/h7,10-11,13,15-17,21-22H,6,8,12,18-20H2,1-5H3,(H,30,37)(H2,29,31,32,33);8,11-12,15-16,19-20H,7,9,13,17-18H2,1-6H3,(H,29,34)(H2,28,30,31,32);5,8-9,12-13,16-17,23H,4,6,10,14-15H2,1-3H3,(H,25,29)(H2,24,26,27,28)/b17-13+;;/t22-;20-;17-/m000/s1. The SMILES string of the molecule is CCCNc1nc(Nc2ccccc2)ncc1C#CCCCNC(=O)[C@H](C)N(C)C(=O)/C=C/CN(C)C.CCCNc1nc(Nc2ccccc2)ncc1C#CCCCNC(=O)[C@H](C)N(C)C(=O)OC(C)(C)C.CCCNc1nc(Nc2ccccc2)ncc1C#CCCCNC(=O)[C@H](C)NC. The highest BCUT2D eigenvalue weighted by molar-refractivity contribution is 5.92. The number of likely N-dealkylation sites (N-methyl/N-ethyl adjacent to an activating group) is 4. The minimum atomic E-state index is -0.640. The summed E-state index contributed by atoms with van der Waals surface area (Å²) in [6, 6.07) is 27.9. The van der Waals surface area contributed by atoms with Crippen LogP contribution in [0.25, 0.3) is 0 Å². The summed E-state index contributed by atoms with van der Waals surface area (Å²) in [6.45, 7) is 21.4. The molecule has 546 valence electrons. The fourth-order valence-corrected chi connectivity index (χ4v) is 8.42. The van der Waals surface area contributed by atoms with Gasteiger partial charge in [-0.05, 0) is 138 Å². The molecule has 6 rings (SSSR count). The fourth-order valence-electron chi connectivity index (χ4n) is 8.42. The van der Waals surface area contributed by atoms with Crippen molar-refractivity contribution in [1.29, 1.82) is 0 Å². The lowest BCUT2D eigenvalue weighted by atomic mass is 10.2. The number of para-hydroxylation sites is 3. The maximum Gasteiger partial charge on any atom is 0.410 e. The quantitative estimate of drug-likeness (QED) is 0.0104. The van der Waals surface area contributed by atoms with Crippen molar-refractivity contribution in [2.45, 2.75) is 144 Å². The van der Waals surface area contributed by atoms with Gasteiger partial charge in [-0.2, -0.15) is 15.0 Å². The van der Waals surface area contributed by atoms with Crippen LogP contribution in [0, 0.1) is 35.5 Å². The van der Waals surface area contributed by atoms with E-state index in [-0.39, 0.29) is 29.7 Å². The van der Waals surface area contributed by atoms with Crippen LogP contribution in [0.3, 0.4) is 0 Å². The van der Waals surface area contributed by atoms with Crippen LogP contribution in [-0.2, 0) is 23.9 Å². The smallest absolute Gasteiger partial charge is 0.410 e. The van der Waals surface area contributed by atoms with E-state index in [0.717, 1.165) is 84.9 Å². The minimum Gasteiger partial charge on any atom is -0.444 e. The van der Waals surface area contributed by atoms with Crippen LogP contribution >= 0.6 is 0 Å². The third kappa shape index (κ3) is 33.4. The summed E-state index contributed by atoms with van der Waals surface area (Å²) in [5, 5.41) is 31.1. The number of carbonyl (C=O) groups excluding carboxylic acids is 5. The van der Waals surface area contributed by atoms with Crippen molar-refractivity contribution < 1.29 is 28.7 Å². The van der Waals surface area contributed by atoms with E-state index in [0.29, 0.717) is 87.8 Å². The topological polar surface area (TPSA) is 302 Å². The Balaban J connectivity index is 0.000000327. The lowest BCUT2D eigenvalue weighted by Gasteiger charge is -2.28. The number of unbranched alkanes of at least 4 members (excludes halogenated alkanes) is 3. The molecule has 0 radical (unpaired) electrons. The van der Waals surface area contributed by atoms with Gasteiger partial charge in [0.15, 0.2) is 0 Å². The second-order valence-electron chi connectivity index (χ2n) is 24.8. The van der Waals surface area contributed by atoms with Gasteiger partial charge < -0.3 is 67.7 Å². The first-order valence-electron chi connectivity index (χ1n) is 34.9. The largest absolute Gasteiger partial charge is 0.444 e. The number of amides is 5. The van der Waals surface area contributed by atoms with E-state index in [9.17, 15) is 24.0 Å². The van der Waals surface area contributed by atoms with E-state index in [1.807, 2.05) is 117 Å². The number of hydrogen-bond donors (Lipinski definition) is 10. The number of nitrogens with one attached hydrogen (secondary N) is 10. The average Bonchev–Trinajstić information content (AvgIpc) is 0.871. The molecule has 102 heavy (non-hydrogen) atoms. The summed E-state index contributed by atoms with van der Waals surface area (Å²) in [7, 11) is 8.80. The summed E-state index contributed by atoms with van der Waals surface area (Å²) in [4.78, 5) is 92.5. The Morgan fingerprint density at radius 2 is 0.843 bits per heavy atom. The van der Waals surface area contributed by atoms with Gasteiger partial charge in [0.1, 0.15) is 35.1 Å². The van der Waals surface area contributed by atoms with E-state index in [1.165, 1.54) is 15.9 Å². The zero-order valence-corrected chi connectivity index (χ0v) is 62.1. The molecule has 3 heterocycles. The van der Waals surface area contributed by atoms with Crippen molar-refractivity contribution >= 4 is 82.1 Å². The zero-order valence-electron chi connectivity index (χ0n) is 62.1. The third-order valence-electron chi connectivity index (χ3n) is 14.6. The Morgan fingerprint density at radius 3 is 1.17 bits per heavy atom. The molecule has 0 aliphatic rings. The highest BCUT2D eigenvalue weighted by Gasteiger charge is 2.27. The van der Waals surface area contributed by atoms with E-state index in [4.69, 9.17) is 4.74 Å². The predicted octanol–water partition coefficient (Wildman–Crippen LogP) is 10.7. The fraction of sp³-hybridized carbons (Fsp3) is 0.442. The van der Waals surface area contributed by atoms with Crippen molar-refractivity contribution in [3.63, 3.8) is 0 Å². The summed E-state index contributed by atoms with van der Waals surface area (Å²) >= 11 is 0. The predicted molar refractivity (Wildman–Crippen MR) is 411 cm³/mol. The lowest BCUT2D eigenvalue weighted by molar-refractivity contribution is -0.135. The molecule has 0 saturated carbocycles. The van der Waals surface area contributed by atoms with Gasteiger partial charge in [-0.25, -0.2) is 19.7 Å². The van der Waals surface area contributed by atoms with Gasteiger partial charge in [0.05, 0.1) is 41.3 Å². The van der Waals surface area contributed by atoms with Crippen molar-refractivity contribution in [3.8, 4) is 35.5 Å². The molecular weight excluding hydrogens is 1290 g/mol. The number of rotatable bonds is 33. The molecule has 6 aromatic rings. The molecule has 5 amide bonds. The molecule has 0 fully saturated rings. The molecule has 0 saturated heterocycles. The molecule has 3 aromatic heterocycles. The van der Waals surface area contributed by atoms with Crippen LogP contribution in [0.2, 0.25) is 0 Å². The van der Waals surface area contributed by atoms with Crippen LogP contribution < -0.4 is 53.2 Å². The minimum absolute atomic E-state index is 0.00131. The van der Waals surface area contributed by atoms with Gasteiger partial charge in [-0.15, -0.1) is 0 Å². The Morgan fingerprint density at radius 1 is 0.500 bits per heavy atom. The van der Waals surface area contributed by atoms with E-state index < -0.39 is 23.8 Å². The number of anilines is 9. The molecule has 3 aromatic carbocycles. The summed E-state index contributed by atoms with van der Waals surface area (Å²) in [6.07, 6.45) is 14.9. The molecule has 0 aliphatic heterocycles. The molecule has 0 aliphatic carbocycles. The number of carbonyl (C=O) groups is 5. The average molecular weight is 1390 g/mol. The van der Waals surface area contributed by atoms with Gasteiger partial charge in [-0.3, -0.25) is 24.1 Å².